The van der Waals surface area contributed by atoms with Crippen molar-refractivity contribution in [2.75, 3.05) is 5.32 Å². The van der Waals surface area contributed by atoms with Crippen LogP contribution in [0.5, 0.6) is 0 Å². The van der Waals surface area contributed by atoms with Crippen molar-refractivity contribution in [1.82, 2.24) is 9.78 Å². The molecule has 6 nitrogen and oxygen atoms in total. The number of nitrogens with one attached hydrogen (secondary N) is 1. The summed E-state index contributed by atoms with van der Waals surface area (Å²) in [5, 5.41) is 7.61. The van der Waals surface area contributed by atoms with Gasteiger partial charge in [-0.2, -0.15) is 5.10 Å². The summed E-state index contributed by atoms with van der Waals surface area (Å²) in [4.78, 5) is 26.4. The largest absolute Gasteiger partial charge is 0.459 e. The van der Waals surface area contributed by atoms with E-state index < -0.39 is 0 Å². The van der Waals surface area contributed by atoms with Crippen molar-refractivity contribution in [3.05, 3.63) is 33.5 Å². The number of esters is 1. The van der Waals surface area contributed by atoms with E-state index in [-0.39, 0.29) is 18.0 Å². The maximum absolute atomic E-state index is 12.6. The van der Waals surface area contributed by atoms with E-state index in [0.717, 1.165) is 36.9 Å². The van der Waals surface area contributed by atoms with E-state index in [9.17, 15) is 9.59 Å². The molecular weight excluding hydrogens is 338 g/mol. The van der Waals surface area contributed by atoms with Crippen molar-refractivity contribution in [3.63, 3.8) is 0 Å². The summed E-state index contributed by atoms with van der Waals surface area (Å²) in [5.74, 6) is -0.601. The lowest BCUT2D eigenvalue weighted by Crippen LogP contribution is -2.18. The average Bonchev–Trinajstić information content (AvgIpc) is 3.07. The standard InChI is InChI=1S/C18H23N3O3S/c1-10(2)24-18(23)15-12-7-5-6-8-14(12)25-17(15)20-16(22)13-9-19-21(4)11(13)3/h9-10H,5-8H2,1-4H3,(H,20,22). The number of amides is 1. The molecule has 0 atom stereocenters. The van der Waals surface area contributed by atoms with Crippen LogP contribution in [0.3, 0.4) is 0 Å². The number of anilines is 1. The van der Waals surface area contributed by atoms with E-state index in [4.69, 9.17) is 4.74 Å². The van der Waals surface area contributed by atoms with Crippen LogP contribution in [0.4, 0.5) is 5.00 Å². The summed E-state index contributed by atoms with van der Waals surface area (Å²) in [6.45, 7) is 5.50. The highest BCUT2D eigenvalue weighted by Gasteiger charge is 2.28. The minimum atomic E-state index is -0.354. The first kappa shape index (κ1) is 17.7. The van der Waals surface area contributed by atoms with Crippen LogP contribution in [0, 0.1) is 6.92 Å². The second-order valence-corrected chi connectivity index (χ2v) is 7.70. The third-order valence-electron chi connectivity index (χ3n) is 4.43. The Hall–Kier alpha value is -2.15. The highest BCUT2D eigenvalue weighted by Crippen LogP contribution is 2.39. The van der Waals surface area contributed by atoms with Gasteiger partial charge in [0.15, 0.2) is 0 Å². The molecule has 134 valence electrons. The molecule has 1 amide bonds. The molecule has 0 bridgehead atoms. The number of nitrogens with zero attached hydrogens (tertiary/aromatic N) is 2. The van der Waals surface area contributed by atoms with Gasteiger partial charge in [-0.3, -0.25) is 9.48 Å². The summed E-state index contributed by atoms with van der Waals surface area (Å²) in [6, 6.07) is 0. The van der Waals surface area contributed by atoms with Crippen LogP contribution in [0.25, 0.3) is 0 Å². The molecule has 0 aromatic carbocycles. The van der Waals surface area contributed by atoms with Gasteiger partial charge in [-0.25, -0.2) is 4.79 Å². The summed E-state index contributed by atoms with van der Waals surface area (Å²) in [5.41, 5.74) is 2.87. The quantitative estimate of drug-likeness (QED) is 0.846. The highest BCUT2D eigenvalue weighted by atomic mass is 32.1. The monoisotopic (exact) mass is 361 g/mol. The van der Waals surface area contributed by atoms with Crippen molar-refractivity contribution in [2.24, 2.45) is 7.05 Å². The van der Waals surface area contributed by atoms with Gasteiger partial charge in [0.05, 0.1) is 23.4 Å². The maximum atomic E-state index is 12.6. The fraction of sp³-hybridized carbons (Fsp3) is 0.500. The van der Waals surface area contributed by atoms with Crippen LogP contribution in [0.2, 0.25) is 0 Å². The molecule has 2 aromatic rings. The molecule has 0 aliphatic heterocycles. The number of thiophene rings is 1. The van der Waals surface area contributed by atoms with Crippen LogP contribution >= 0.6 is 11.3 Å². The Balaban J connectivity index is 1.95. The Morgan fingerprint density at radius 1 is 1.32 bits per heavy atom. The van der Waals surface area contributed by atoms with Crippen LogP contribution in [-0.4, -0.2) is 27.8 Å². The number of ether oxygens (including phenoxy) is 1. The molecule has 7 heteroatoms. The Labute approximate surface area is 151 Å². The zero-order valence-corrected chi connectivity index (χ0v) is 15.8. The SMILES string of the molecule is Cc1c(C(=O)Nc2sc3c(c2C(=O)OC(C)C)CCCC3)cnn1C. The molecule has 1 aliphatic rings. The van der Waals surface area contributed by atoms with Gasteiger partial charge in [-0.1, -0.05) is 0 Å². The summed E-state index contributed by atoms with van der Waals surface area (Å²) in [6.07, 6.45) is 5.32. The van der Waals surface area contributed by atoms with Gasteiger partial charge in [0.2, 0.25) is 0 Å². The molecular formula is C18H23N3O3S. The van der Waals surface area contributed by atoms with Crippen LogP contribution < -0.4 is 5.32 Å². The smallest absolute Gasteiger partial charge is 0.341 e. The second kappa shape index (κ2) is 7.00. The fourth-order valence-corrected chi connectivity index (χ4v) is 4.31. The zero-order chi connectivity index (χ0) is 18.1. The summed E-state index contributed by atoms with van der Waals surface area (Å²) >= 11 is 1.49. The summed E-state index contributed by atoms with van der Waals surface area (Å²) < 4.78 is 7.07. The predicted molar refractivity (Wildman–Crippen MR) is 97.4 cm³/mol. The Kier molecular flexibility index (Phi) is 4.94. The molecule has 1 aliphatic carbocycles. The molecule has 0 saturated heterocycles. The Bertz CT molecular complexity index is 820. The molecule has 3 rings (SSSR count). The third kappa shape index (κ3) is 3.46. The molecule has 0 fully saturated rings. The number of aryl methyl sites for hydroxylation is 2. The maximum Gasteiger partial charge on any atom is 0.341 e. The third-order valence-corrected chi connectivity index (χ3v) is 5.63. The van der Waals surface area contributed by atoms with Gasteiger partial charge in [-0.15, -0.1) is 11.3 Å². The average molecular weight is 361 g/mol. The number of hydrogen-bond donors (Lipinski definition) is 1. The van der Waals surface area contributed by atoms with Crippen LogP contribution in [-0.2, 0) is 24.6 Å². The lowest BCUT2D eigenvalue weighted by atomic mass is 9.95. The van der Waals surface area contributed by atoms with Gasteiger partial charge in [0.25, 0.3) is 5.91 Å². The zero-order valence-electron chi connectivity index (χ0n) is 15.0. The van der Waals surface area contributed by atoms with Gasteiger partial charge in [0, 0.05) is 17.6 Å². The Morgan fingerprint density at radius 2 is 2.04 bits per heavy atom. The van der Waals surface area contributed by atoms with E-state index in [1.54, 1.807) is 17.9 Å². The van der Waals surface area contributed by atoms with Crippen molar-refractivity contribution < 1.29 is 14.3 Å². The lowest BCUT2D eigenvalue weighted by Gasteiger charge is -2.14. The van der Waals surface area contributed by atoms with Crippen LogP contribution in [0.1, 0.15) is 63.5 Å². The minimum Gasteiger partial charge on any atom is -0.459 e. The molecule has 0 spiro atoms. The van der Waals surface area contributed by atoms with Gasteiger partial charge in [0.1, 0.15) is 5.00 Å². The molecule has 1 N–H and O–H groups in total. The van der Waals surface area contributed by atoms with E-state index in [1.165, 1.54) is 16.2 Å². The van der Waals surface area contributed by atoms with Crippen molar-refractivity contribution in [1.29, 1.82) is 0 Å². The molecule has 0 radical (unpaired) electrons. The number of fused-ring (bicyclic) bond motifs is 1. The number of hydrogen-bond acceptors (Lipinski definition) is 5. The van der Waals surface area contributed by atoms with Crippen LogP contribution in [0.15, 0.2) is 6.20 Å². The van der Waals surface area contributed by atoms with Gasteiger partial charge < -0.3 is 10.1 Å². The van der Waals surface area contributed by atoms with Gasteiger partial charge >= 0.3 is 5.97 Å². The number of carbonyl (C=O) groups excluding carboxylic acids is 2. The number of aromatic nitrogens is 2. The Morgan fingerprint density at radius 3 is 2.68 bits per heavy atom. The van der Waals surface area contributed by atoms with Crippen molar-refractivity contribution >= 4 is 28.2 Å². The number of rotatable bonds is 4. The molecule has 25 heavy (non-hydrogen) atoms. The normalized spacial score (nSPS) is 13.6. The van der Waals surface area contributed by atoms with Crippen molar-refractivity contribution in [3.8, 4) is 0 Å². The van der Waals surface area contributed by atoms with Gasteiger partial charge in [-0.05, 0) is 52.0 Å². The van der Waals surface area contributed by atoms with E-state index in [0.29, 0.717) is 16.1 Å². The highest BCUT2D eigenvalue weighted by molar-refractivity contribution is 7.17. The number of carbonyl (C=O) groups is 2. The first-order valence-electron chi connectivity index (χ1n) is 8.54. The first-order chi connectivity index (χ1) is 11.9. The predicted octanol–water partition coefficient (Wildman–Crippen LogP) is 3.49. The fourth-order valence-electron chi connectivity index (χ4n) is 3.03. The summed E-state index contributed by atoms with van der Waals surface area (Å²) in [7, 11) is 1.79. The lowest BCUT2D eigenvalue weighted by molar-refractivity contribution is 0.0378. The topological polar surface area (TPSA) is 73.2 Å². The molecule has 0 saturated carbocycles. The molecule has 0 unspecified atom stereocenters. The molecule has 2 aromatic heterocycles. The first-order valence-corrected chi connectivity index (χ1v) is 9.35. The minimum absolute atomic E-state index is 0.198. The molecule has 2 heterocycles. The second-order valence-electron chi connectivity index (χ2n) is 6.59. The van der Waals surface area contributed by atoms with E-state index >= 15 is 0 Å². The van der Waals surface area contributed by atoms with Crippen molar-refractivity contribution in [2.45, 2.75) is 52.6 Å². The van der Waals surface area contributed by atoms with E-state index in [1.807, 2.05) is 20.8 Å². The van der Waals surface area contributed by atoms with E-state index in [2.05, 4.69) is 10.4 Å².